The zero-order chi connectivity index (χ0) is 21.7. The van der Waals surface area contributed by atoms with E-state index in [4.69, 9.17) is 27.9 Å². The van der Waals surface area contributed by atoms with Crippen LogP contribution in [-0.4, -0.2) is 26.4 Å². The number of halogens is 3. The van der Waals surface area contributed by atoms with Crippen molar-refractivity contribution in [3.05, 3.63) is 64.2 Å². The monoisotopic (exact) mass is 468 g/mol. The molecule has 0 bridgehead atoms. The molecule has 6 nitrogen and oxygen atoms in total. The van der Waals surface area contributed by atoms with Gasteiger partial charge >= 0.3 is 0 Å². The summed E-state index contributed by atoms with van der Waals surface area (Å²) < 4.78 is 20.8. The number of benzene rings is 2. The number of rotatable bonds is 8. The molecule has 0 saturated heterocycles. The molecular weight excluding hydrogens is 450 g/mol. The first-order valence-corrected chi connectivity index (χ1v) is 10.8. The third kappa shape index (κ3) is 5.65. The summed E-state index contributed by atoms with van der Waals surface area (Å²) in [4.78, 5) is 12.2. The van der Waals surface area contributed by atoms with E-state index in [9.17, 15) is 9.18 Å². The highest BCUT2D eigenvalue weighted by Gasteiger charge is 2.20. The van der Waals surface area contributed by atoms with Gasteiger partial charge in [0.2, 0.25) is 5.91 Å². The van der Waals surface area contributed by atoms with Crippen LogP contribution in [0.2, 0.25) is 10.0 Å². The molecule has 1 aromatic heterocycles. The lowest BCUT2D eigenvalue weighted by Crippen LogP contribution is -2.15. The van der Waals surface area contributed by atoms with E-state index in [2.05, 4.69) is 15.5 Å². The van der Waals surface area contributed by atoms with E-state index in [0.29, 0.717) is 39.0 Å². The van der Waals surface area contributed by atoms with Crippen LogP contribution in [0.3, 0.4) is 0 Å². The van der Waals surface area contributed by atoms with Crippen molar-refractivity contribution < 1.29 is 13.9 Å². The van der Waals surface area contributed by atoms with Crippen molar-refractivity contribution in [3.63, 3.8) is 0 Å². The van der Waals surface area contributed by atoms with Crippen LogP contribution in [0.5, 0.6) is 5.75 Å². The van der Waals surface area contributed by atoms with Gasteiger partial charge in [-0.1, -0.05) is 35.0 Å². The standard InChI is InChI=1S/C20H19Cl2FN4O2S/c1-3-27-19(12(2)29-17-10-13(21)4-9-16(17)22)25-26-20(27)30-11-18(28)24-15-7-5-14(23)6-8-15/h4-10,12H,3,11H2,1-2H3,(H,24,28). The maximum Gasteiger partial charge on any atom is 0.234 e. The molecule has 3 rings (SSSR count). The third-order valence-corrected chi connectivity index (χ3v) is 5.60. The van der Waals surface area contributed by atoms with Gasteiger partial charge in [0.15, 0.2) is 17.1 Å². The second kappa shape index (κ2) is 10.1. The summed E-state index contributed by atoms with van der Waals surface area (Å²) >= 11 is 13.4. The highest BCUT2D eigenvalue weighted by atomic mass is 35.5. The summed E-state index contributed by atoms with van der Waals surface area (Å²) in [6.07, 6.45) is -0.434. The Balaban J connectivity index is 1.65. The average molecular weight is 469 g/mol. The largest absolute Gasteiger partial charge is 0.481 e. The summed E-state index contributed by atoms with van der Waals surface area (Å²) in [6, 6.07) is 10.6. The molecule has 1 N–H and O–H groups in total. The summed E-state index contributed by atoms with van der Waals surface area (Å²) in [5.74, 6) is 0.602. The van der Waals surface area contributed by atoms with Gasteiger partial charge < -0.3 is 14.6 Å². The summed E-state index contributed by atoms with van der Waals surface area (Å²) in [7, 11) is 0. The molecule has 1 amide bonds. The van der Waals surface area contributed by atoms with Gasteiger partial charge in [-0.3, -0.25) is 4.79 Å². The van der Waals surface area contributed by atoms with E-state index < -0.39 is 6.10 Å². The van der Waals surface area contributed by atoms with Crippen molar-refractivity contribution in [1.82, 2.24) is 14.8 Å². The first-order chi connectivity index (χ1) is 14.4. The number of nitrogens with one attached hydrogen (secondary N) is 1. The summed E-state index contributed by atoms with van der Waals surface area (Å²) in [5.41, 5.74) is 0.528. The predicted molar refractivity (Wildman–Crippen MR) is 117 cm³/mol. The number of aromatic nitrogens is 3. The van der Waals surface area contributed by atoms with Crippen LogP contribution in [0.4, 0.5) is 10.1 Å². The van der Waals surface area contributed by atoms with Crippen LogP contribution in [0.1, 0.15) is 25.8 Å². The maximum atomic E-state index is 13.0. The molecule has 0 aliphatic heterocycles. The molecule has 1 heterocycles. The van der Waals surface area contributed by atoms with Crippen LogP contribution in [0.25, 0.3) is 0 Å². The molecule has 1 atom stereocenters. The second-order valence-corrected chi connectivity index (χ2v) is 8.05. The second-order valence-electron chi connectivity index (χ2n) is 6.26. The number of ether oxygens (including phenoxy) is 1. The van der Waals surface area contributed by atoms with Gasteiger partial charge in [-0.15, -0.1) is 10.2 Å². The lowest BCUT2D eigenvalue weighted by Gasteiger charge is -2.16. The molecular formula is C20H19Cl2FN4O2S. The number of thioether (sulfide) groups is 1. The van der Waals surface area contributed by atoms with Crippen molar-refractivity contribution in [2.75, 3.05) is 11.1 Å². The van der Waals surface area contributed by atoms with Gasteiger partial charge in [0, 0.05) is 23.3 Å². The van der Waals surface area contributed by atoms with Gasteiger partial charge in [-0.25, -0.2) is 4.39 Å². The van der Waals surface area contributed by atoms with Crippen molar-refractivity contribution in [1.29, 1.82) is 0 Å². The minimum atomic E-state index is -0.434. The number of amides is 1. The van der Waals surface area contributed by atoms with E-state index in [0.717, 1.165) is 0 Å². The number of hydrogen-bond acceptors (Lipinski definition) is 5. The first kappa shape index (κ1) is 22.4. The lowest BCUT2D eigenvalue weighted by atomic mass is 10.3. The van der Waals surface area contributed by atoms with Crippen LogP contribution < -0.4 is 10.1 Å². The van der Waals surface area contributed by atoms with Crippen LogP contribution in [0.15, 0.2) is 47.6 Å². The SMILES string of the molecule is CCn1c(SCC(=O)Nc2ccc(F)cc2)nnc1C(C)Oc1cc(Cl)ccc1Cl. The van der Waals surface area contributed by atoms with Gasteiger partial charge in [0.05, 0.1) is 10.8 Å². The van der Waals surface area contributed by atoms with Gasteiger partial charge in [0.25, 0.3) is 0 Å². The normalized spacial score (nSPS) is 11.9. The molecule has 2 aromatic carbocycles. The first-order valence-electron chi connectivity index (χ1n) is 9.10. The highest BCUT2D eigenvalue weighted by Crippen LogP contribution is 2.32. The zero-order valence-electron chi connectivity index (χ0n) is 16.2. The zero-order valence-corrected chi connectivity index (χ0v) is 18.6. The molecule has 0 spiro atoms. The topological polar surface area (TPSA) is 69.0 Å². The summed E-state index contributed by atoms with van der Waals surface area (Å²) in [5, 5.41) is 12.7. The minimum absolute atomic E-state index is 0.130. The third-order valence-electron chi connectivity index (χ3n) is 4.08. The Kier molecular flexibility index (Phi) is 7.58. The average Bonchev–Trinajstić information content (AvgIpc) is 3.14. The predicted octanol–water partition coefficient (Wildman–Crippen LogP) is 5.61. The summed E-state index contributed by atoms with van der Waals surface area (Å²) in [6.45, 7) is 4.39. The Morgan fingerprint density at radius 3 is 2.67 bits per heavy atom. The Bertz CT molecular complexity index is 1030. The smallest absolute Gasteiger partial charge is 0.234 e. The quantitative estimate of drug-likeness (QED) is 0.434. The van der Waals surface area contributed by atoms with Crippen molar-refractivity contribution >= 4 is 46.6 Å². The van der Waals surface area contributed by atoms with Gasteiger partial charge in [-0.2, -0.15) is 0 Å². The molecule has 0 radical (unpaired) electrons. The molecule has 30 heavy (non-hydrogen) atoms. The lowest BCUT2D eigenvalue weighted by molar-refractivity contribution is -0.113. The van der Waals surface area contributed by atoms with Crippen LogP contribution in [-0.2, 0) is 11.3 Å². The molecule has 3 aromatic rings. The van der Waals surface area contributed by atoms with E-state index in [-0.39, 0.29) is 17.5 Å². The Morgan fingerprint density at radius 2 is 1.97 bits per heavy atom. The Labute approximate surface area is 187 Å². The highest BCUT2D eigenvalue weighted by molar-refractivity contribution is 7.99. The molecule has 0 aliphatic carbocycles. The number of carbonyl (C=O) groups is 1. The number of carbonyl (C=O) groups excluding carboxylic acids is 1. The molecule has 1 unspecified atom stereocenters. The minimum Gasteiger partial charge on any atom is -0.481 e. The fraction of sp³-hybridized carbons (Fsp3) is 0.250. The molecule has 0 saturated carbocycles. The fourth-order valence-corrected chi connectivity index (χ4v) is 3.81. The van der Waals surface area contributed by atoms with Gasteiger partial charge in [0.1, 0.15) is 11.6 Å². The molecule has 0 fully saturated rings. The Hall–Kier alpha value is -2.29. The van der Waals surface area contributed by atoms with Crippen LogP contribution >= 0.6 is 35.0 Å². The fourth-order valence-electron chi connectivity index (χ4n) is 2.68. The molecule has 0 aliphatic rings. The van der Waals surface area contributed by atoms with Crippen LogP contribution in [0, 0.1) is 5.82 Å². The van der Waals surface area contributed by atoms with E-state index in [1.54, 1.807) is 18.2 Å². The number of nitrogens with zero attached hydrogens (tertiary/aromatic N) is 3. The van der Waals surface area contributed by atoms with E-state index in [1.165, 1.54) is 36.0 Å². The maximum absolute atomic E-state index is 13.0. The van der Waals surface area contributed by atoms with E-state index in [1.807, 2.05) is 18.4 Å². The Morgan fingerprint density at radius 1 is 1.23 bits per heavy atom. The number of anilines is 1. The molecule has 158 valence electrons. The van der Waals surface area contributed by atoms with E-state index >= 15 is 0 Å². The van der Waals surface area contributed by atoms with Crippen molar-refractivity contribution in [2.24, 2.45) is 0 Å². The number of hydrogen-bond donors (Lipinski definition) is 1. The van der Waals surface area contributed by atoms with Crippen molar-refractivity contribution in [3.8, 4) is 5.75 Å². The molecule has 10 heteroatoms. The van der Waals surface area contributed by atoms with Gasteiger partial charge in [-0.05, 0) is 50.2 Å². The van der Waals surface area contributed by atoms with Crippen molar-refractivity contribution in [2.45, 2.75) is 31.7 Å².